The summed E-state index contributed by atoms with van der Waals surface area (Å²) in [5, 5.41) is 24.5. The summed E-state index contributed by atoms with van der Waals surface area (Å²) in [4.78, 5) is 12.3. The van der Waals surface area contributed by atoms with E-state index in [4.69, 9.17) is 22.1 Å². The van der Waals surface area contributed by atoms with Crippen molar-refractivity contribution in [2.45, 2.75) is 10.8 Å². The van der Waals surface area contributed by atoms with Gasteiger partial charge >= 0.3 is 0 Å². The smallest absolute Gasteiger partial charge is 0.236 e. The molecule has 0 saturated carbocycles. The number of thiazole rings is 1. The Morgan fingerprint density at radius 3 is 2.65 bits per heavy atom. The van der Waals surface area contributed by atoms with Gasteiger partial charge in [0, 0.05) is 28.5 Å². The number of aromatic nitrogens is 2. The Balaban J connectivity index is 1.57. The molecule has 0 atom stereocenters. The number of nitrogens with one attached hydrogen (secondary N) is 1. The monoisotopic (exact) mass is 536 g/mol. The minimum Gasteiger partial charge on any atom is -0.491 e. The van der Waals surface area contributed by atoms with Gasteiger partial charge in [-0.1, -0.05) is 23.9 Å². The van der Waals surface area contributed by atoms with Crippen molar-refractivity contribution in [2.24, 2.45) is 0 Å². The van der Waals surface area contributed by atoms with Crippen LogP contribution in [0, 0.1) is 29.5 Å². The van der Waals surface area contributed by atoms with Crippen LogP contribution in [0.15, 0.2) is 52.9 Å². The predicted octanol–water partition coefficient (Wildman–Crippen LogP) is 5.89. The third-order valence-electron chi connectivity index (χ3n) is 4.97. The first kappa shape index (κ1) is 25.9. The summed E-state index contributed by atoms with van der Waals surface area (Å²) in [7, 11) is 0. The summed E-state index contributed by atoms with van der Waals surface area (Å²) in [5.74, 6) is -1.01. The molecule has 4 N–H and O–H groups in total. The molecule has 2 aromatic carbocycles. The number of anilines is 3. The van der Waals surface area contributed by atoms with Crippen molar-refractivity contribution in [1.29, 1.82) is 5.26 Å². The van der Waals surface area contributed by atoms with E-state index in [9.17, 15) is 14.0 Å². The number of halogens is 2. The molecule has 0 spiro atoms. The molecule has 0 aliphatic carbocycles. The van der Waals surface area contributed by atoms with Gasteiger partial charge in [0.1, 0.15) is 29.3 Å². The first-order chi connectivity index (χ1) is 17.9. The average Bonchev–Trinajstić information content (AvgIpc) is 3.35. The molecule has 0 saturated heterocycles. The molecule has 0 aliphatic heterocycles. The van der Waals surface area contributed by atoms with Gasteiger partial charge in [-0.15, -0.1) is 11.3 Å². The van der Waals surface area contributed by atoms with Crippen LogP contribution in [0.1, 0.15) is 11.3 Å². The number of aliphatic hydroxyl groups is 1. The average molecular weight is 537 g/mol. The van der Waals surface area contributed by atoms with Crippen LogP contribution in [0.2, 0.25) is 0 Å². The highest BCUT2D eigenvalue weighted by Crippen LogP contribution is 2.42. The molecule has 0 amide bonds. The Morgan fingerprint density at radius 2 is 1.97 bits per heavy atom. The van der Waals surface area contributed by atoms with E-state index < -0.39 is 11.6 Å². The molecular formula is C25H18F2N6O2S2. The van der Waals surface area contributed by atoms with Crippen molar-refractivity contribution in [3.05, 3.63) is 82.2 Å². The van der Waals surface area contributed by atoms with Crippen LogP contribution in [0.4, 0.5) is 31.1 Å². The van der Waals surface area contributed by atoms with Crippen LogP contribution in [0.3, 0.4) is 0 Å². The normalized spacial score (nSPS) is 10.5. The minimum absolute atomic E-state index is 0.00563. The molecule has 2 aromatic heterocycles. The largest absolute Gasteiger partial charge is 0.491 e. The number of nitrogens with zero attached hydrogens (tertiary/aromatic N) is 4. The lowest BCUT2D eigenvalue weighted by Crippen LogP contribution is -2.02. The van der Waals surface area contributed by atoms with Gasteiger partial charge in [0.15, 0.2) is 16.8 Å². The van der Waals surface area contributed by atoms with Crippen LogP contribution in [-0.2, 0) is 5.75 Å². The first-order valence-electron chi connectivity index (χ1n) is 10.7. The molecular weight excluding hydrogens is 518 g/mol. The fraction of sp³-hybridized carbons (Fsp3) is 0.120. The van der Waals surface area contributed by atoms with E-state index in [2.05, 4.69) is 26.2 Å². The third-order valence-corrected chi connectivity index (χ3v) is 6.79. The molecule has 0 fully saturated rings. The zero-order valence-electron chi connectivity index (χ0n) is 19.0. The standard InChI is InChI=1S/C25H18F2N6O2S2/c1-30-22-21(14-2-5-17(6-3-14)35-9-8-34)18(11-28)24(33-23(22)29)36-12-16-13-37-25(32-16)31-15-4-7-19(26)20(27)10-15/h2-7,10,13,34H,8-9,12H2,(H2,29,33)(H,31,32). The number of hydrogen-bond acceptors (Lipinski definition) is 9. The first-order valence-corrected chi connectivity index (χ1v) is 12.5. The van der Waals surface area contributed by atoms with E-state index in [1.54, 1.807) is 29.6 Å². The zero-order chi connectivity index (χ0) is 26.4. The van der Waals surface area contributed by atoms with Crippen molar-refractivity contribution in [1.82, 2.24) is 9.97 Å². The zero-order valence-corrected chi connectivity index (χ0v) is 20.7. The molecule has 0 bridgehead atoms. The quantitative estimate of drug-likeness (QED) is 0.179. The Morgan fingerprint density at radius 1 is 1.19 bits per heavy atom. The second-order valence-corrected chi connectivity index (χ2v) is 9.23. The maximum atomic E-state index is 13.5. The summed E-state index contributed by atoms with van der Waals surface area (Å²) in [6, 6.07) is 12.4. The van der Waals surface area contributed by atoms with Crippen LogP contribution in [-0.4, -0.2) is 28.3 Å². The van der Waals surface area contributed by atoms with E-state index in [0.717, 1.165) is 12.1 Å². The van der Waals surface area contributed by atoms with Crippen molar-refractivity contribution in [3.8, 4) is 22.9 Å². The number of ether oxygens (including phenoxy) is 1. The Bertz CT molecular complexity index is 1510. The van der Waals surface area contributed by atoms with Gasteiger partial charge < -0.3 is 20.9 Å². The highest BCUT2D eigenvalue weighted by molar-refractivity contribution is 7.98. The van der Waals surface area contributed by atoms with Crippen LogP contribution in [0.5, 0.6) is 5.75 Å². The van der Waals surface area contributed by atoms with Crippen LogP contribution < -0.4 is 15.8 Å². The summed E-state index contributed by atoms with van der Waals surface area (Å²) >= 11 is 2.53. The second kappa shape index (κ2) is 11.7. The number of pyridine rings is 1. The third kappa shape index (κ3) is 5.95. The SMILES string of the molecule is [C-]#[N+]c1c(N)nc(SCc2csc(Nc3ccc(F)c(F)c3)n2)c(C#N)c1-c1ccc(OCCO)cc1. The summed E-state index contributed by atoms with van der Waals surface area (Å²) in [6.45, 7) is 7.61. The molecule has 4 rings (SSSR count). The van der Waals surface area contributed by atoms with E-state index in [1.807, 2.05) is 0 Å². The molecule has 0 radical (unpaired) electrons. The minimum atomic E-state index is -0.962. The maximum Gasteiger partial charge on any atom is 0.236 e. The summed E-state index contributed by atoms with van der Waals surface area (Å²) in [5.41, 5.74) is 8.39. The molecule has 4 aromatic rings. The van der Waals surface area contributed by atoms with Gasteiger partial charge in [0.2, 0.25) is 5.69 Å². The molecule has 0 unspecified atom stereocenters. The number of nitrogens with two attached hydrogens (primary N) is 1. The van der Waals surface area contributed by atoms with Gasteiger partial charge in [-0.25, -0.2) is 23.6 Å². The maximum absolute atomic E-state index is 13.5. The highest BCUT2D eigenvalue weighted by atomic mass is 32.2. The Kier molecular flexibility index (Phi) is 8.15. The lowest BCUT2D eigenvalue weighted by atomic mass is 10.00. The van der Waals surface area contributed by atoms with Crippen molar-refractivity contribution < 1.29 is 18.6 Å². The van der Waals surface area contributed by atoms with Gasteiger partial charge in [-0.05, 0) is 29.8 Å². The fourth-order valence-electron chi connectivity index (χ4n) is 3.33. The number of hydrogen-bond donors (Lipinski definition) is 3. The molecule has 186 valence electrons. The lowest BCUT2D eigenvalue weighted by Gasteiger charge is -2.13. The van der Waals surface area contributed by atoms with Gasteiger partial charge in [-0.2, -0.15) is 5.26 Å². The molecule has 8 nitrogen and oxygen atoms in total. The Labute approximate surface area is 219 Å². The molecule has 37 heavy (non-hydrogen) atoms. The van der Waals surface area contributed by atoms with Crippen molar-refractivity contribution in [3.63, 3.8) is 0 Å². The number of nitriles is 1. The molecule has 2 heterocycles. The predicted molar refractivity (Wildman–Crippen MR) is 139 cm³/mol. The number of thioether (sulfide) groups is 1. The van der Waals surface area contributed by atoms with Gasteiger partial charge in [0.05, 0.1) is 24.4 Å². The summed E-state index contributed by atoms with van der Waals surface area (Å²) < 4.78 is 32.0. The number of benzene rings is 2. The van der Waals surface area contributed by atoms with Crippen molar-refractivity contribution >= 4 is 45.4 Å². The second-order valence-electron chi connectivity index (χ2n) is 7.41. The number of aliphatic hydroxyl groups excluding tert-OH is 1. The van der Waals surface area contributed by atoms with E-state index in [1.165, 1.54) is 29.2 Å². The molecule has 12 heteroatoms. The number of rotatable bonds is 9. The van der Waals surface area contributed by atoms with Crippen LogP contribution >= 0.6 is 23.1 Å². The topological polar surface area (TPSA) is 121 Å². The van der Waals surface area contributed by atoms with E-state index in [-0.39, 0.29) is 30.3 Å². The van der Waals surface area contributed by atoms with E-state index >= 15 is 0 Å². The fourth-order valence-corrected chi connectivity index (χ4v) is 5.05. The molecule has 0 aliphatic rings. The Hall–Kier alpha value is -4.23. The van der Waals surface area contributed by atoms with Crippen molar-refractivity contribution in [2.75, 3.05) is 24.3 Å². The van der Waals surface area contributed by atoms with Crippen LogP contribution in [0.25, 0.3) is 16.0 Å². The lowest BCUT2D eigenvalue weighted by molar-refractivity contribution is 0.201. The summed E-state index contributed by atoms with van der Waals surface area (Å²) in [6.07, 6.45) is 0. The van der Waals surface area contributed by atoms with Gasteiger partial charge in [-0.3, -0.25) is 0 Å². The highest BCUT2D eigenvalue weighted by Gasteiger charge is 2.21. The van der Waals surface area contributed by atoms with Gasteiger partial charge in [0.25, 0.3) is 0 Å². The van der Waals surface area contributed by atoms with E-state index in [0.29, 0.717) is 44.2 Å². The number of nitrogen functional groups attached to an aromatic ring is 1.